The minimum atomic E-state index is -3.34. The van der Waals surface area contributed by atoms with Crippen LogP contribution in [0.4, 0.5) is 13.6 Å². The predicted molar refractivity (Wildman–Crippen MR) is 210 cm³/mol. The molecule has 292 valence electrons. The SMILES string of the molecule is O=C(OCc1ccccc1)N(Cc1ccccc1)CC(F)(F)CS[C@H]1O[C@@H]2COC(c3ccccc3)O[C@@H]2[C@H](OCc2ccccc2)[C@H]1OCc1ccccc1. The van der Waals surface area contributed by atoms with E-state index in [4.69, 9.17) is 28.4 Å². The Labute approximate surface area is 330 Å². The molecular formula is C45H45F2NO7S. The molecule has 1 unspecified atom stereocenters. The van der Waals surface area contributed by atoms with Crippen molar-refractivity contribution in [2.45, 2.75) is 68.4 Å². The maximum Gasteiger partial charge on any atom is 0.410 e. The molecule has 2 heterocycles. The quantitative estimate of drug-likeness (QED) is 0.0982. The van der Waals surface area contributed by atoms with Crippen LogP contribution in [-0.4, -0.2) is 65.7 Å². The summed E-state index contributed by atoms with van der Waals surface area (Å²) >= 11 is 0.929. The number of thioether (sulfide) groups is 1. The number of benzene rings is 5. The zero-order valence-electron chi connectivity index (χ0n) is 30.8. The Hall–Kier alpha value is -4.62. The Kier molecular flexibility index (Phi) is 13.8. The number of fused-ring (bicyclic) bond motifs is 1. The van der Waals surface area contributed by atoms with E-state index in [1.807, 2.05) is 127 Å². The summed E-state index contributed by atoms with van der Waals surface area (Å²) in [4.78, 5) is 14.4. The average molecular weight is 782 g/mol. The van der Waals surface area contributed by atoms with Gasteiger partial charge in [-0.25, -0.2) is 13.6 Å². The molecule has 2 fully saturated rings. The number of rotatable bonds is 16. The first-order valence-corrected chi connectivity index (χ1v) is 19.7. The van der Waals surface area contributed by atoms with Crippen LogP contribution < -0.4 is 0 Å². The number of ether oxygens (including phenoxy) is 6. The summed E-state index contributed by atoms with van der Waals surface area (Å²) in [5, 5.41) is 0. The van der Waals surface area contributed by atoms with Gasteiger partial charge in [-0.05, 0) is 22.3 Å². The monoisotopic (exact) mass is 781 g/mol. The van der Waals surface area contributed by atoms with Crippen molar-refractivity contribution in [1.29, 1.82) is 0 Å². The third kappa shape index (κ3) is 11.0. The van der Waals surface area contributed by atoms with Gasteiger partial charge in [-0.1, -0.05) is 152 Å². The molecular weight excluding hydrogens is 737 g/mol. The van der Waals surface area contributed by atoms with Crippen LogP contribution in [0, 0.1) is 0 Å². The number of carbonyl (C=O) groups is 1. The van der Waals surface area contributed by atoms with E-state index in [1.165, 1.54) is 0 Å². The first-order valence-electron chi connectivity index (χ1n) is 18.7. The summed E-state index contributed by atoms with van der Waals surface area (Å²) in [5.41, 5.74) is 3.26. The number of nitrogens with zero attached hydrogens (tertiary/aromatic N) is 1. The van der Waals surface area contributed by atoms with Crippen LogP contribution in [0.25, 0.3) is 0 Å². The molecule has 2 saturated heterocycles. The largest absolute Gasteiger partial charge is 0.445 e. The molecule has 7 rings (SSSR count). The minimum absolute atomic E-state index is 0.0379. The second-order valence-corrected chi connectivity index (χ2v) is 14.9. The Morgan fingerprint density at radius 2 is 1.16 bits per heavy atom. The van der Waals surface area contributed by atoms with Gasteiger partial charge in [-0.2, -0.15) is 0 Å². The third-order valence-electron chi connectivity index (χ3n) is 9.49. The van der Waals surface area contributed by atoms with Gasteiger partial charge in [0, 0.05) is 12.1 Å². The fraction of sp³-hybridized carbons (Fsp3) is 0.311. The summed E-state index contributed by atoms with van der Waals surface area (Å²) in [5.74, 6) is -4.01. The highest BCUT2D eigenvalue weighted by Crippen LogP contribution is 2.41. The maximum atomic E-state index is 16.2. The summed E-state index contributed by atoms with van der Waals surface area (Å²) in [6.45, 7) is -0.352. The van der Waals surface area contributed by atoms with Crippen molar-refractivity contribution in [3.8, 4) is 0 Å². The molecule has 6 atom stereocenters. The van der Waals surface area contributed by atoms with Gasteiger partial charge in [0.15, 0.2) is 6.29 Å². The average Bonchev–Trinajstić information content (AvgIpc) is 3.24. The van der Waals surface area contributed by atoms with Crippen LogP contribution in [0.5, 0.6) is 0 Å². The van der Waals surface area contributed by atoms with Crippen molar-refractivity contribution >= 4 is 17.9 Å². The molecule has 0 saturated carbocycles. The van der Waals surface area contributed by atoms with Gasteiger partial charge in [-0.15, -0.1) is 11.8 Å². The molecule has 8 nitrogen and oxygen atoms in total. The number of halogens is 2. The van der Waals surface area contributed by atoms with Crippen molar-refractivity contribution in [2.24, 2.45) is 0 Å². The second kappa shape index (κ2) is 19.5. The van der Waals surface area contributed by atoms with Gasteiger partial charge in [-0.3, -0.25) is 4.90 Å². The van der Waals surface area contributed by atoms with E-state index in [-0.39, 0.29) is 33.0 Å². The van der Waals surface area contributed by atoms with E-state index in [0.717, 1.165) is 38.9 Å². The lowest BCUT2D eigenvalue weighted by atomic mass is 9.98. The summed E-state index contributed by atoms with van der Waals surface area (Å²) in [6, 6.07) is 47.1. The summed E-state index contributed by atoms with van der Waals surface area (Å²) in [7, 11) is 0. The van der Waals surface area contributed by atoms with E-state index in [2.05, 4.69) is 0 Å². The fourth-order valence-electron chi connectivity index (χ4n) is 6.69. The van der Waals surface area contributed by atoms with Crippen LogP contribution in [0.15, 0.2) is 152 Å². The van der Waals surface area contributed by atoms with E-state index in [0.29, 0.717) is 5.56 Å². The normalized spacial score (nSPS) is 22.2. The van der Waals surface area contributed by atoms with Crippen molar-refractivity contribution in [3.63, 3.8) is 0 Å². The highest BCUT2D eigenvalue weighted by Gasteiger charge is 2.52. The first kappa shape index (κ1) is 39.6. The van der Waals surface area contributed by atoms with E-state index < -0.39 is 60.5 Å². The van der Waals surface area contributed by atoms with Crippen molar-refractivity contribution in [1.82, 2.24) is 4.90 Å². The standard InChI is InChI=1S/C45H45F2NO7S/c46-45(47,31-48(26-33-16-6-1-7-17-33)44(49)53-29-36-22-12-4-13-23-36)32-56-43-41(51-28-35-20-10-3-11-21-35)40(50-27-34-18-8-2-9-19-34)39-38(54-43)30-52-42(55-39)37-24-14-5-15-25-37/h1-25,38-43H,26-32H2/t38-,39+,40+,41-,42?,43-/m1/s1. The smallest absolute Gasteiger partial charge is 0.410 e. The van der Waals surface area contributed by atoms with Crippen molar-refractivity contribution in [2.75, 3.05) is 18.9 Å². The third-order valence-corrected chi connectivity index (χ3v) is 10.8. The zero-order chi connectivity index (χ0) is 38.6. The Bertz CT molecular complexity index is 1910. The van der Waals surface area contributed by atoms with Crippen LogP contribution in [-0.2, 0) is 54.8 Å². The van der Waals surface area contributed by atoms with Crippen molar-refractivity contribution < 1.29 is 42.0 Å². The molecule has 2 aliphatic rings. The number of carbonyl (C=O) groups excluding carboxylic acids is 1. The maximum absolute atomic E-state index is 16.2. The topological polar surface area (TPSA) is 75.7 Å². The predicted octanol–water partition coefficient (Wildman–Crippen LogP) is 9.20. The van der Waals surface area contributed by atoms with E-state index in [1.54, 1.807) is 24.3 Å². The Balaban J connectivity index is 1.11. The molecule has 0 spiro atoms. The van der Waals surface area contributed by atoms with Crippen LogP contribution in [0.2, 0.25) is 0 Å². The van der Waals surface area contributed by atoms with Crippen LogP contribution in [0.3, 0.4) is 0 Å². The molecule has 0 bridgehead atoms. The van der Waals surface area contributed by atoms with Gasteiger partial charge >= 0.3 is 6.09 Å². The number of hydrogen-bond acceptors (Lipinski definition) is 8. The second-order valence-electron chi connectivity index (χ2n) is 13.8. The van der Waals surface area contributed by atoms with Crippen molar-refractivity contribution in [3.05, 3.63) is 179 Å². The molecule has 5 aromatic carbocycles. The molecule has 0 aromatic heterocycles. The molecule has 56 heavy (non-hydrogen) atoms. The molecule has 0 aliphatic carbocycles. The number of hydrogen-bond donors (Lipinski definition) is 0. The molecule has 2 aliphatic heterocycles. The molecule has 0 radical (unpaired) electrons. The van der Waals surface area contributed by atoms with Gasteiger partial charge in [0.1, 0.15) is 36.5 Å². The Morgan fingerprint density at radius 1 is 0.661 bits per heavy atom. The van der Waals surface area contributed by atoms with Gasteiger partial charge in [0.05, 0.1) is 32.1 Å². The fourth-order valence-corrected chi connectivity index (χ4v) is 7.83. The number of amides is 1. The summed E-state index contributed by atoms with van der Waals surface area (Å²) in [6.07, 6.45) is -4.28. The van der Waals surface area contributed by atoms with Crippen LogP contribution in [0.1, 0.15) is 34.1 Å². The lowest BCUT2D eigenvalue weighted by Crippen LogP contribution is -2.62. The van der Waals surface area contributed by atoms with E-state index >= 15 is 8.78 Å². The lowest BCUT2D eigenvalue weighted by molar-refractivity contribution is -0.329. The molecule has 11 heteroatoms. The van der Waals surface area contributed by atoms with Gasteiger partial charge in [0.2, 0.25) is 0 Å². The highest BCUT2D eigenvalue weighted by atomic mass is 32.2. The first-order chi connectivity index (χ1) is 27.4. The van der Waals surface area contributed by atoms with Gasteiger partial charge < -0.3 is 28.4 Å². The minimum Gasteiger partial charge on any atom is -0.445 e. The molecule has 1 amide bonds. The lowest BCUT2D eigenvalue weighted by Gasteiger charge is -2.49. The molecule has 5 aromatic rings. The Morgan fingerprint density at radius 3 is 1.73 bits per heavy atom. The van der Waals surface area contributed by atoms with Gasteiger partial charge in [0.25, 0.3) is 5.92 Å². The van der Waals surface area contributed by atoms with Crippen LogP contribution >= 0.6 is 11.8 Å². The highest BCUT2D eigenvalue weighted by molar-refractivity contribution is 7.99. The molecule has 0 N–H and O–H groups in total. The summed E-state index contributed by atoms with van der Waals surface area (Å²) < 4.78 is 70.5. The zero-order valence-corrected chi connectivity index (χ0v) is 31.6. The van der Waals surface area contributed by atoms with E-state index in [9.17, 15) is 4.79 Å². The number of alkyl halides is 2.